The molecule has 5 nitrogen and oxygen atoms in total. The lowest BCUT2D eigenvalue weighted by Gasteiger charge is -2.01. The van der Waals surface area contributed by atoms with E-state index in [1.165, 1.54) is 0 Å². The van der Waals surface area contributed by atoms with E-state index in [0.717, 1.165) is 51.9 Å². The molecule has 1 aromatic carbocycles. The Bertz CT molecular complexity index is 1030. The van der Waals surface area contributed by atoms with Crippen molar-refractivity contribution in [1.29, 1.82) is 0 Å². The number of nitrogens with two attached hydrogens (primary N) is 1. The zero-order chi connectivity index (χ0) is 16.5. The van der Waals surface area contributed by atoms with Crippen LogP contribution in [-0.2, 0) is 6.42 Å². The minimum absolute atomic E-state index is 0.668. The molecule has 0 aliphatic rings. The number of aromatic nitrogens is 3. The van der Waals surface area contributed by atoms with Crippen LogP contribution in [0, 0.1) is 0 Å². The summed E-state index contributed by atoms with van der Waals surface area (Å²) >= 11 is 0. The van der Waals surface area contributed by atoms with Crippen molar-refractivity contribution in [3.05, 3.63) is 59.9 Å². The van der Waals surface area contributed by atoms with E-state index >= 15 is 0 Å². The van der Waals surface area contributed by atoms with E-state index < -0.39 is 0 Å². The third kappa shape index (κ3) is 2.44. The Kier molecular flexibility index (Phi) is 3.54. The average Bonchev–Trinajstić information content (AvgIpc) is 3.18. The van der Waals surface area contributed by atoms with Crippen LogP contribution in [0.15, 0.2) is 47.3 Å². The topological polar surface area (TPSA) is 80.7 Å². The van der Waals surface area contributed by atoms with Crippen LogP contribution in [0.2, 0.25) is 0 Å². The Balaban J connectivity index is 1.89. The molecule has 0 saturated carbocycles. The normalized spacial score (nSPS) is 12.3. The van der Waals surface area contributed by atoms with E-state index in [4.69, 9.17) is 10.2 Å². The highest BCUT2D eigenvalue weighted by Crippen LogP contribution is 2.31. The van der Waals surface area contributed by atoms with Crippen molar-refractivity contribution in [2.24, 2.45) is 5.73 Å². The SMILES string of the molecule is CCCc1nc2c(ccc3[nH]cc(/C(N)=C/c4cccnc4)c32)o1. The van der Waals surface area contributed by atoms with Gasteiger partial charge in [0.25, 0.3) is 0 Å². The summed E-state index contributed by atoms with van der Waals surface area (Å²) in [6.07, 6.45) is 9.19. The standard InChI is InChI=1S/C19H18N4O/c1-2-4-17-23-19-16(24-17)7-6-15-18(19)13(11-22-15)14(20)9-12-5-3-8-21-10-12/h3,5-11,22H,2,4,20H2,1H3/b14-9-. The van der Waals surface area contributed by atoms with Gasteiger partial charge in [0, 0.05) is 47.2 Å². The van der Waals surface area contributed by atoms with E-state index in [9.17, 15) is 0 Å². The maximum atomic E-state index is 6.35. The van der Waals surface area contributed by atoms with Crippen LogP contribution in [-0.4, -0.2) is 15.0 Å². The largest absolute Gasteiger partial charge is 0.441 e. The molecule has 0 aliphatic heterocycles. The highest BCUT2D eigenvalue weighted by atomic mass is 16.3. The van der Waals surface area contributed by atoms with Crippen molar-refractivity contribution in [1.82, 2.24) is 15.0 Å². The fourth-order valence-electron chi connectivity index (χ4n) is 2.92. The number of rotatable bonds is 4. The Hall–Kier alpha value is -3.08. The van der Waals surface area contributed by atoms with Gasteiger partial charge in [0.1, 0.15) is 5.52 Å². The Morgan fingerprint density at radius 1 is 1.33 bits per heavy atom. The summed E-state index contributed by atoms with van der Waals surface area (Å²) in [6.45, 7) is 2.11. The van der Waals surface area contributed by atoms with Crippen LogP contribution in [0.4, 0.5) is 0 Å². The minimum atomic E-state index is 0.668. The second-order valence-corrected chi connectivity index (χ2v) is 5.78. The van der Waals surface area contributed by atoms with Crippen LogP contribution in [0.3, 0.4) is 0 Å². The monoisotopic (exact) mass is 318 g/mol. The molecule has 0 fully saturated rings. The van der Waals surface area contributed by atoms with Crippen molar-refractivity contribution in [3.8, 4) is 0 Å². The number of nitrogens with zero attached hydrogens (tertiary/aromatic N) is 2. The first-order valence-corrected chi connectivity index (χ1v) is 8.03. The van der Waals surface area contributed by atoms with Gasteiger partial charge in [-0.3, -0.25) is 4.98 Å². The van der Waals surface area contributed by atoms with E-state index in [1.54, 1.807) is 12.4 Å². The second-order valence-electron chi connectivity index (χ2n) is 5.78. The van der Waals surface area contributed by atoms with Gasteiger partial charge in [0.05, 0.1) is 0 Å². The van der Waals surface area contributed by atoms with Crippen LogP contribution >= 0.6 is 0 Å². The van der Waals surface area contributed by atoms with Gasteiger partial charge < -0.3 is 15.1 Å². The molecule has 0 bridgehead atoms. The number of H-pyrrole nitrogens is 1. The molecule has 24 heavy (non-hydrogen) atoms. The summed E-state index contributed by atoms with van der Waals surface area (Å²) in [4.78, 5) is 12.1. The highest BCUT2D eigenvalue weighted by Gasteiger charge is 2.14. The molecule has 4 aromatic rings. The van der Waals surface area contributed by atoms with Gasteiger partial charge in [-0.15, -0.1) is 0 Å². The lowest BCUT2D eigenvalue weighted by molar-refractivity contribution is 0.525. The second kappa shape index (κ2) is 5.85. The molecular formula is C19H18N4O. The predicted molar refractivity (Wildman–Crippen MR) is 96.2 cm³/mol. The van der Waals surface area contributed by atoms with E-state index in [-0.39, 0.29) is 0 Å². The van der Waals surface area contributed by atoms with Gasteiger partial charge in [0.15, 0.2) is 11.5 Å². The zero-order valence-corrected chi connectivity index (χ0v) is 13.4. The molecule has 120 valence electrons. The fourth-order valence-corrected chi connectivity index (χ4v) is 2.92. The molecule has 0 amide bonds. The number of aromatic amines is 1. The number of hydrogen-bond donors (Lipinski definition) is 2. The van der Waals surface area contributed by atoms with Gasteiger partial charge in [-0.05, 0) is 36.3 Å². The summed E-state index contributed by atoms with van der Waals surface area (Å²) in [5, 5.41) is 0.997. The number of pyridine rings is 1. The maximum Gasteiger partial charge on any atom is 0.195 e. The molecule has 0 unspecified atom stereocenters. The molecule has 3 aromatic heterocycles. The highest BCUT2D eigenvalue weighted by molar-refractivity contribution is 6.09. The van der Waals surface area contributed by atoms with Gasteiger partial charge in [-0.25, -0.2) is 4.98 Å². The van der Waals surface area contributed by atoms with Gasteiger partial charge in [0.2, 0.25) is 0 Å². The van der Waals surface area contributed by atoms with Crippen molar-refractivity contribution in [2.45, 2.75) is 19.8 Å². The third-order valence-electron chi connectivity index (χ3n) is 4.03. The summed E-state index contributed by atoms with van der Waals surface area (Å²) in [7, 11) is 0. The van der Waals surface area contributed by atoms with Crippen molar-refractivity contribution in [3.63, 3.8) is 0 Å². The summed E-state index contributed by atoms with van der Waals surface area (Å²) in [5.74, 6) is 0.766. The fraction of sp³-hybridized carbons (Fsp3) is 0.158. The number of nitrogens with one attached hydrogen (secondary N) is 1. The first-order chi connectivity index (χ1) is 11.8. The van der Waals surface area contributed by atoms with Crippen LogP contribution in [0.1, 0.15) is 30.4 Å². The number of fused-ring (bicyclic) bond motifs is 3. The minimum Gasteiger partial charge on any atom is -0.441 e. The number of aryl methyl sites for hydroxylation is 1. The predicted octanol–water partition coefficient (Wildman–Crippen LogP) is 4.11. The lowest BCUT2D eigenvalue weighted by Crippen LogP contribution is -1.95. The molecule has 0 aliphatic carbocycles. The summed E-state index contributed by atoms with van der Waals surface area (Å²) in [6, 6.07) is 7.81. The molecule has 3 N–H and O–H groups in total. The zero-order valence-electron chi connectivity index (χ0n) is 13.4. The molecule has 3 heterocycles. The molecular weight excluding hydrogens is 300 g/mol. The lowest BCUT2D eigenvalue weighted by atomic mass is 10.1. The smallest absolute Gasteiger partial charge is 0.195 e. The quantitative estimate of drug-likeness (QED) is 0.593. The van der Waals surface area contributed by atoms with Crippen molar-refractivity contribution in [2.75, 3.05) is 0 Å². The van der Waals surface area contributed by atoms with E-state index in [1.807, 2.05) is 36.5 Å². The molecule has 5 heteroatoms. The van der Waals surface area contributed by atoms with Crippen molar-refractivity contribution >= 4 is 33.8 Å². The maximum absolute atomic E-state index is 6.35. The summed E-state index contributed by atoms with van der Waals surface area (Å²) < 4.78 is 5.84. The van der Waals surface area contributed by atoms with Gasteiger partial charge >= 0.3 is 0 Å². The average molecular weight is 318 g/mol. The number of benzene rings is 1. The Morgan fingerprint density at radius 3 is 3.04 bits per heavy atom. The molecule has 0 atom stereocenters. The molecule has 0 radical (unpaired) electrons. The van der Waals surface area contributed by atoms with E-state index in [0.29, 0.717) is 5.70 Å². The first kappa shape index (κ1) is 14.5. The third-order valence-corrected chi connectivity index (χ3v) is 4.03. The molecule has 0 spiro atoms. The van der Waals surface area contributed by atoms with Gasteiger partial charge in [-0.2, -0.15) is 0 Å². The number of oxazole rings is 1. The summed E-state index contributed by atoms with van der Waals surface area (Å²) in [5.41, 5.74) is 11.6. The van der Waals surface area contributed by atoms with Crippen LogP contribution in [0.25, 0.3) is 33.8 Å². The number of hydrogen-bond acceptors (Lipinski definition) is 4. The Labute approximate surface area is 139 Å². The molecule has 4 rings (SSSR count). The van der Waals surface area contributed by atoms with Crippen LogP contribution in [0.5, 0.6) is 0 Å². The van der Waals surface area contributed by atoms with E-state index in [2.05, 4.69) is 21.9 Å². The van der Waals surface area contributed by atoms with Crippen molar-refractivity contribution < 1.29 is 4.42 Å². The van der Waals surface area contributed by atoms with Gasteiger partial charge in [-0.1, -0.05) is 13.0 Å². The molecule has 0 saturated heterocycles. The van der Waals surface area contributed by atoms with Crippen LogP contribution < -0.4 is 5.73 Å². The Morgan fingerprint density at radius 2 is 2.25 bits per heavy atom. The first-order valence-electron chi connectivity index (χ1n) is 8.03.